The predicted molar refractivity (Wildman–Crippen MR) is 132 cm³/mol. The molecule has 0 saturated carbocycles. The van der Waals surface area contributed by atoms with Gasteiger partial charge in [-0.05, 0) is 66.6 Å². The third kappa shape index (κ3) is 5.58. The number of benzene rings is 2. The number of anilines is 2. The second-order valence-electron chi connectivity index (χ2n) is 7.65. The number of aryl methyl sites for hydroxylation is 1. The number of hydrogen-bond donors (Lipinski definition) is 2. The summed E-state index contributed by atoms with van der Waals surface area (Å²) in [4.78, 5) is 37.5. The molecule has 0 aliphatic heterocycles. The van der Waals surface area contributed by atoms with E-state index in [-0.39, 0.29) is 11.8 Å². The fraction of sp³-hybridized carbons (Fsp3) is 0.0741. The van der Waals surface area contributed by atoms with Crippen LogP contribution in [0, 0.1) is 6.92 Å². The average molecular weight is 450 g/mol. The first kappa shape index (κ1) is 22.5. The summed E-state index contributed by atoms with van der Waals surface area (Å²) < 4.78 is 0. The summed E-state index contributed by atoms with van der Waals surface area (Å²) in [5, 5.41) is 5.58. The highest BCUT2D eigenvalue weighted by molar-refractivity contribution is 6.07. The molecule has 0 saturated heterocycles. The van der Waals surface area contributed by atoms with Crippen LogP contribution in [0.1, 0.15) is 27.3 Å². The van der Waals surface area contributed by atoms with Gasteiger partial charge < -0.3 is 10.6 Å². The SMILES string of the molecule is C=CC(=O)Nc1ccc(C)c(C(=O)Nc2ccc(Cc3nccc(-c4cccnc4)n3)cc2)c1. The van der Waals surface area contributed by atoms with Crippen molar-refractivity contribution in [1.29, 1.82) is 0 Å². The van der Waals surface area contributed by atoms with E-state index >= 15 is 0 Å². The van der Waals surface area contributed by atoms with E-state index < -0.39 is 0 Å². The molecule has 7 heteroatoms. The number of hydrogen-bond acceptors (Lipinski definition) is 5. The highest BCUT2D eigenvalue weighted by atomic mass is 16.2. The Bertz CT molecular complexity index is 1330. The molecule has 4 rings (SSSR count). The minimum Gasteiger partial charge on any atom is -0.323 e. The van der Waals surface area contributed by atoms with E-state index in [1.807, 2.05) is 49.4 Å². The molecular formula is C27H23N5O2. The molecule has 0 atom stereocenters. The van der Waals surface area contributed by atoms with Crippen molar-refractivity contribution in [2.24, 2.45) is 0 Å². The maximum absolute atomic E-state index is 12.8. The van der Waals surface area contributed by atoms with Crippen LogP contribution < -0.4 is 10.6 Å². The third-order valence-electron chi connectivity index (χ3n) is 5.17. The van der Waals surface area contributed by atoms with Crippen molar-refractivity contribution in [3.05, 3.63) is 114 Å². The number of nitrogens with zero attached hydrogens (tertiary/aromatic N) is 3. The highest BCUT2D eigenvalue weighted by Gasteiger charge is 2.12. The molecule has 0 radical (unpaired) electrons. The average Bonchev–Trinajstić information content (AvgIpc) is 2.87. The maximum atomic E-state index is 12.8. The fourth-order valence-corrected chi connectivity index (χ4v) is 3.38. The molecule has 0 fully saturated rings. The molecule has 0 aliphatic carbocycles. The number of amides is 2. The van der Waals surface area contributed by atoms with E-state index in [0.717, 1.165) is 22.4 Å². The topological polar surface area (TPSA) is 96.9 Å². The number of carbonyl (C=O) groups is 2. The van der Waals surface area contributed by atoms with Crippen LogP contribution in [0.2, 0.25) is 0 Å². The van der Waals surface area contributed by atoms with Gasteiger partial charge in [-0.2, -0.15) is 0 Å². The summed E-state index contributed by atoms with van der Waals surface area (Å²) in [5.74, 6) is 0.111. The summed E-state index contributed by atoms with van der Waals surface area (Å²) in [5.41, 5.74) is 5.26. The van der Waals surface area contributed by atoms with Crippen molar-refractivity contribution in [3.63, 3.8) is 0 Å². The predicted octanol–water partition coefficient (Wildman–Crippen LogP) is 4.81. The van der Waals surface area contributed by atoms with Gasteiger partial charge in [0.05, 0.1) is 5.69 Å². The summed E-state index contributed by atoms with van der Waals surface area (Å²) in [6.45, 7) is 5.28. The standard InChI is InChI=1S/C27H23N5O2/c1-3-26(33)30-22-9-6-18(2)23(16-22)27(34)31-21-10-7-19(8-11-21)15-25-29-14-12-24(32-25)20-5-4-13-28-17-20/h3-14,16-17H,1,15H2,2H3,(H,30,33)(H,31,34). The van der Waals surface area contributed by atoms with Crippen LogP contribution in [-0.4, -0.2) is 26.8 Å². The number of carbonyl (C=O) groups excluding carboxylic acids is 2. The van der Waals surface area contributed by atoms with Gasteiger partial charge in [0.15, 0.2) is 0 Å². The lowest BCUT2D eigenvalue weighted by molar-refractivity contribution is -0.111. The Morgan fingerprint density at radius 2 is 1.76 bits per heavy atom. The van der Waals surface area contributed by atoms with Crippen LogP contribution in [0.4, 0.5) is 11.4 Å². The quantitative estimate of drug-likeness (QED) is 0.395. The van der Waals surface area contributed by atoms with Gasteiger partial charge in [-0.1, -0.05) is 24.8 Å². The lowest BCUT2D eigenvalue weighted by atomic mass is 10.1. The van der Waals surface area contributed by atoms with Crippen LogP contribution in [-0.2, 0) is 11.2 Å². The number of aromatic nitrogens is 3. The molecule has 34 heavy (non-hydrogen) atoms. The molecule has 0 aliphatic rings. The molecule has 4 aromatic rings. The maximum Gasteiger partial charge on any atom is 0.256 e. The van der Waals surface area contributed by atoms with E-state index in [2.05, 4.69) is 32.2 Å². The smallest absolute Gasteiger partial charge is 0.256 e. The van der Waals surface area contributed by atoms with Crippen molar-refractivity contribution >= 4 is 23.2 Å². The van der Waals surface area contributed by atoms with Gasteiger partial charge in [-0.15, -0.1) is 0 Å². The molecule has 2 amide bonds. The fourth-order valence-electron chi connectivity index (χ4n) is 3.38. The first-order valence-electron chi connectivity index (χ1n) is 10.7. The summed E-state index contributed by atoms with van der Waals surface area (Å²) in [6.07, 6.45) is 6.99. The van der Waals surface area contributed by atoms with E-state index in [0.29, 0.717) is 29.2 Å². The van der Waals surface area contributed by atoms with E-state index in [4.69, 9.17) is 0 Å². The second-order valence-corrected chi connectivity index (χ2v) is 7.65. The molecule has 0 unspecified atom stereocenters. The molecule has 2 N–H and O–H groups in total. The minimum atomic E-state index is -0.333. The first-order chi connectivity index (χ1) is 16.5. The molecule has 2 aromatic carbocycles. The zero-order valence-corrected chi connectivity index (χ0v) is 18.7. The van der Waals surface area contributed by atoms with Crippen molar-refractivity contribution in [3.8, 4) is 11.3 Å². The third-order valence-corrected chi connectivity index (χ3v) is 5.17. The number of nitrogens with one attached hydrogen (secondary N) is 2. The zero-order valence-electron chi connectivity index (χ0n) is 18.7. The van der Waals surface area contributed by atoms with Crippen molar-refractivity contribution in [2.75, 3.05) is 10.6 Å². The van der Waals surface area contributed by atoms with Crippen molar-refractivity contribution in [2.45, 2.75) is 13.3 Å². The molecule has 168 valence electrons. The van der Waals surface area contributed by atoms with Gasteiger partial charge in [0.1, 0.15) is 5.82 Å². The van der Waals surface area contributed by atoms with E-state index in [9.17, 15) is 9.59 Å². The Morgan fingerprint density at radius 1 is 0.971 bits per heavy atom. The van der Waals surface area contributed by atoms with Crippen LogP contribution in [0.15, 0.2) is 91.9 Å². The van der Waals surface area contributed by atoms with Gasteiger partial charge >= 0.3 is 0 Å². The monoisotopic (exact) mass is 449 g/mol. The lowest BCUT2D eigenvalue weighted by Crippen LogP contribution is -2.15. The van der Waals surface area contributed by atoms with Crippen LogP contribution in [0.5, 0.6) is 0 Å². The molecule has 2 aromatic heterocycles. The number of pyridine rings is 1. The molecular weight excluding hydrogens is 426 g/mol. The Balaban J connectivity index is 1.44. The molecule has 0 spiro atoms. The number of rotatable bonds is 7. The summed E-state index contributed by atoms with van der Waals surface area (Å²) in [7, 11) is 0. The molecule has 2 heterocycles. The lowest BCUT2D eigenvalue weighted by Gasteiger charge is -2.11. The Morgan fingerprint density at radius 3 is 2.50 bits per heavy atom. The molecule has 7 nitrogen and oxygen atoms in total. The van der Waals surface area contributed by atoms with E-state index in [1.54, 1.807) is 36.8 Å². The zero-order chi connectivity index (χ0) is 23.9. The van der Waals surface area contributed by atoms with Crippen LogP contribution in [0.25, 0.3) is 11.3 Å². The summed E-state index contributed by atoms with van der Waals surface area (Å²) >= 11 is 0. The molecule has 0 bridgehead atoms. The van der Waals surface area contributed by atoms with E-state index in [1.165, 1.54) is 6.08 Å². The van der Waals surface area contributed by atoms with Gasteiger partial charge in [-0.3, -0.25) is 14.6 Å². The van der Waals surface area contributed by atoms with Gasteiger partial charge in [-0.25, -0.2) is 9.97 Å². The van der Waals surface area contributed by atoms with Gasteiger partial charge in [0.2, 0.25) is 5.91 Å². The Labute approximate surface area is 197 Å². The van der Waals surface area contributed by atoms with Crippen LogP contribution in [0.3, 0.4) is 0 Å². The van der Waals surface area contributed by atoms with Gasteiger partial charge in [0.25, 0.3) is 5.91 Å². The Kier molecular flexibility index (Phi) is 6.84. The van der Waals surface area contributed by atoms with Crippen molar-refractivity contribution < 1.29 is 9.59 Å². The normalized spacial score (nSPS) is 10.4. The first-order valence-corrected chi connectivity index (χ1v) is 10.7. The highest BCUT2D eigenvalue weighted by Crippen LogP contribution is 2.19. The van der Waals surface area contributed by atoms with Crippen molar-refractivity contribution in [1.82, 2.24) is 15.0 Å². The van der Waals surface area contributed by atoms with Gasteiger partial charge in [0, 0.05) is 47.5 Å². The summed E-state index contributed by atoms with van der Waals surface area (Å²) in [6, 6.07) is 18.4. The van der Waals surface area contributed by atoms with Crippen LogP contribution >= 0.6 is 0 Å². The Hall–Kier alpha value is -4.65. The largest absolute Gasteiger partial charge is 0.323 e. The minimum absolute atomic E-state index is 0.257. The second kappa shape index (κ2) is 10.3.